The fourth-order valence-corrected chi connectivity index (χ4v) is 2.58. The topological polar surface area (TPSA) is 44.9 Å². The van der Waals surface area contributed by atoms with Gasteiger partial charge in [0.05, 0.1) is 5.02 Å². The summed E-state index contributed by atoms with van der Waals surface area (Å²) < 4.78 is 0. The molecule has 3 nitrogen and oxygen atoms in total. The molecule has 2 rings (SSSR count). The molecule has 0 aliphatic carbocycles. The predicted octanol–water partition coefficient (Wildman–Crippen LogP) is 3.09. The van der Waals surface area contributed by atoms with E-state index in [1.54, 1.807) is 23.6 Å². The van der Waals surface area contributed by atoms with Crippen LogP contribution in [0.3, 0.4) is 0 Å². The van der Waals surface area contributed by atoms with E-state index in [0.29, 0.717) is 10.7 Å². The number of amides is 1. The van der Waals surface area contributed by atoms with Crippen LogP contribution in [0.1, 0.15) is 22.3 Å². The first-order valence-corrected chi connectivity index (χ1v) is 6.58. The van der Waals surface area contributed by atoms with Crippen molar-refractivity contribution in [3.63, 3.8) is 0 Å². The molecular weight excluding hydrogens is 256 g/mol. The van der Waals surface area contributed by atoms with Gasteiger partial charge in [0.1, 0.15) is 5.69 Å². The van der Waals surface area contributed by atoms with E-state index in [-0.39, 0.29) is 11.9 Å². The van der Waals surface area contributed by atoms with Crippen molar-refractivity contribution in [2.75, 3.05) is 0 Å². The van der Waals surface area contributed by atoms with Crippen molar-refractivity contribution in [3.8, 4) is 0 Å². The molecule has 0 bridgehead atoms. The van der Waals surface area contributed by atoms with E-state index in [0.717, 1.165) is 6.42 Å². The second-order valence-electron chi connectivity index (χ2n) is 3.89. The lowest BCUT2D eigenvalue weighted by molar-refractivity contribution is 0.0936. The molecule has 0 aliphatic rings. The summed E-state index contributed by atoms with van der Waals surface area (Å²) in [5.41, 5.74) is 0.494. The largest absolute Gasteiger partial charge is 0.356 e. The normalized spacial score (nSPS) is 12.4. The Kier molecular flexibility index (Phi) is 3.86. The van der Waals surface area contributed by atoms with Gasteiger partial charge < -0.3 is 10.3 Å². The van der Waals surface area contributed by atoms with E-state index in [2.05, 4.69) is 16.4 Å². The van der Waals surface area contributed by atoms with Gasteiger partial charge in [-0.15, -0.1) is 11.3 Å². The summed E-state index contributed by atoms with van der Waals surface area (Å²) in [5.74, 6) is -0.124. The lowest BCUT2D eigenvalue weighted by Gasteiger charge is -2.11. The molecule has 1 amide bonds. The maximum absolute atomic E-state index is 11.8. The van der Waals surface area contributed by atoms with Gasteiger partial charge in [0.2, 0.25) is 0 Å². The van der Waals surface area contributed by atoms with Crippen molar-refractivity contribution in [1.82, 2.24) is 10.3 Å². The van der Waals surface area contributed by atoms with Crippen LogP contribution in [0, 0.1) is 0 Å². The summed E-state index contributed by atoms with van der Waals surface area (Å²) in [5, 5.41) is 5.50. The summed E-state index contributed by atoms with van der Waals surface area (Å²) in [6.07, 6.45) is 2.44. The third-order valence-electron chi connectivity index (χ3n) is 2.36. The number of nitrogens with one attached hydrogen (secondary N) is 2. The number of hydrogen-bond acceptors (Lipinski definition) is 2. The molecule has 2 aromatic heterocycles. The van der Waals surface area contributed by atoms with Gasteiger partial charge in [0.25, 0.3) is 5.91 Å². The molecular formula is C12H13ClN2OS. The fraction of sp³-hybridized carbons (Fsp3) is 0.250. The SMILES string of the molecule is C[C@H](Cc1cccs1)NC(=O)c1cc(Cl)c[nH]1. The number of thiophene rings is 1. The summed E-state index contributed by atoms with van der Waals surface area (Å²) in [4.78, 5) is 15.9. The van der Waals surface area contributed by atoms with Crippen LogP contribution >= 0.6 is 22.9 Å². The standard InChI is InChI=1S/C12H13ClN2OS/c1-8(5-10-3-2-4-17-10)15-12(16)11-6-9(13)7-14-11/h2-4,6-8,14H,5H2,1H3,(H,15,16)/t8-/m1/s1. The third-order valence-corrected chi connectivity index (χ3v) is 3.47. The Hall–Kier alpha value is -1.26. The Bertz CT molecular complexity index is 492. The predicted molar refractivity (Wildman–Crippen MR) is 70.8 cm³/mol. The van der Waals surface area contributed by atoms with E-state index >= 15 is 0 Å². The first-order valence-electron chi connectivity index (χ1n) is 5.32. The van der Waals surface area contributed by atoms with Crippen LogP contribution in [0.5, 0.6) is 0 Å². The molecule has 0 unspecified atom stereocenters. The third kappa shape index (κ3) is 3.35. The molecule has 17 heavy (non-hydrogen) atoms. The fourth-order valence-electron chi connectivity index (χ4n) is 1.58. The Balaban J connectivity index is 1.90. The molecule has 0 radical (unpaired) electrons. The van der Waals surface area contributed by atoms with Crippen molar-refractivity contribution in [3.05, 3.63) is 45.4 Å². The maximum Gasteiger partial charge on any atom is 0.267 e. The summed E-state index contributed by atoms with van der Waals surface area (Å²) in [6.45, 7) is 1.99. The minimum absolute atomic E-state index is 0.100. The summed E-state index contributed by atoms with van der Waals surface area (Å²) in [7, 11) is 0. The number of H-pyrrole nitrogens is 1. The second kappa shape index (κ2) is 5.38. The van der Waals surface area contributed by atoms with E-state index in [1.807, 2.05) is 18.4 Å². The zero-order valence-corrected chi connectivity index (χ0v) is 10.9. The van der Waals surface area contributed by atoms with Gasteiger partial charge in [-0.3, -0.25) is 4.79 Å². The molecule has 2 heterocycles. The molecule has 0 fully saturated rings. The van der Waals surface area contributed by atoms with E-state index in [1.165, 1.54) is 4.88 Å². The number of rotatable bonds is 4. The molecule has 0 aliphatic heterocycles. The second-order valence-corrected chi connectivity index (χ2v) is 5.36. The van der Waals surface area contributed by atoms with Crippen LogP contribution < -0.4 is 5.32 Å². The molecule has 2 aromatic rings. The first-order chi connectivity index (χ1) is 8.15. The number of hydrogen-bond donors (Lipinski definition) is 2. The minimum Gasteiger partial charge on any atom is -0.356 e. The molecule has 5 heteroatoms. The maximum atomic E-state index is 11.8. The average molecular weight is 269 g/mol. The highest BCUT2D eigenvalue weighted by atomic mass is 35.5. The van der Waals surface area contributed by atoms with Gasteiger partial charge in [-0.05, 0) is 24.4 Å². The van der Waals surface area contributed by atoms with Crippen LogP contribution in [-0.2, 0) is 6.42 Å². The van der Waals surface area contributed by atoms with Crippen LogP contribution in [0.25, 0.3) is 0 Å². The Morgan fingerprint density at radius 2 is 2.47 bits per heavy atom. The van der Waals surface area contributed by atoms with E-state index in [4.69, 9.17) is 11.6 Å². The van der Waals surface area contributed by atoms with Crippen molar-refractivity contribution in [1.29, 1.82) is 0 Å². The van der Waals surface area contributed by atoms with Gasteiger partial charge in [0.15, 0.2) is 0 Å². The Morgan fingerprint density at radius 3 is 3.06 bits per heavy atom. The zero-order chi connectivity index (χ0) is 12.3. The molecule has 90 valence electrons. The van der Waals surface area contributed by atoms with Crippen molar-refractivity contribution in [2.45, 2.75) is 19.4 Å². The summed E-state index contributed by atoms with van der Waals surface area (Å²) in [6, 6.07) is 5.80. The Morgan fingerprint density at radius 1 is 1.65 bits per heavy atom. The van der Waals surface area contributed by atoms with Crippen LogP contribution in [-0.4, -0.2) is 16.9 Å². The van der Waals surface area contributed by atoms with Crippen LogP contribution in [0.4, 0.5) is 0 Å². The number of halogens is 1. The number of aromatic nitrogens is 1. The quantitative estimate of drug-likeness (QED) is 0.879. The van der Waals surface area contributed by atoms with Gasteiger partial charge >= 0.3 is 0 Å². The molecule has 1 atom stereocenters. The van der Waals surface area contributed by atoms with Crippen molar-refractivity contribution in [2.24, 2.45) is 0 Å². The smallest absolute Gasteiger partial charge is 0.267 e. The monoisotopic (exact) mass is 268 g/mol. The van der Waals surface area contributed by atoms with Crippen molar-refractivity contribution >= 4 is 28.8 Å². The zero-order valence-electron chi connectivity index (χ0n) is 9.37. The minimum atomic E-state index is -0.124. The van der Waals surface area contributed by atoms with E-state index in [9.17, 15) is 4.79 Å². The van der Waals surface area contributed by atoms with Gasteiger partial charge in [-0.25, -0.2) is 0 Å². The molecule has 0 aromatic carbocycles. The molecule has 0 saturated carbocycles. The van der Waals surface area contributed by atoms with Gasteiger partial charge in [-0.2, -0.15) is 0 Å². The van der Waals surface area contributed by atoms with Gasteiger partial charge in [0, 0.05) is 23.5 Å². The molecule has 0 saturated heterocycles. The lowest BCUT2D eigenvalue weighted by Crippen LogP contribution is -2.34. The Labute approximate surface area is 109 Å². The van der Waals surface area contributed by atoms with E-state index < -0.39 is 0 Å². The number of carbonyl (C=O) groups excluding carboxylic acids is 1. The highest BCUT2D eigenvalue weighted by molar-refractivity contribution is 7.09. The average Bonchev–Trinajstić information content (AvgIpc) is 2.89. The van der Waals surface area contributed by atoms with Crippen LogP contribution in [0.2, 0.25) is 5.02 Å². The lowest BCUT2D eigenvalue weighted by atomic mass is 10.2. The molecule has 2 N–H and O–H groups in total. The number of aromatic amines is 1. The molecule has 0 spiro atoms. The van der Waals surface area contributed by atoms with Crippen LogP contribution in [0.15, 0.2) is 29.8 Å². The number of carbonyl (C=O) groups is 1. The van der Waals surface area contributed by atoms with Gasteiger partial charge in [-0.1, -0.05) is 17.7 Å². The van der Waals surface area contributed by atoms with Crippen molar-refractivity contribution < 1.29 is 4.79 Å². The highest BCUT2D eigenvalue weighted by Crippen LogP contribution is 2.12. The highest BCUT2D eigenvalue weighted by Gasteiger charge is 2.12. The summed E-state index contributed by atoms with van der Waals surface area (Å²) >= 11 is 7.44. The first kappa shape index (κ1) is 12.2.